The van der Waals surface area contributed by atoms with Gasteiger partial charge in [0.2, 0.25) is 15.9 Å². The van der Waals surface area contributed by atoms with Gasteiger partial charge in [-0.15, -0.1) is 0 Å². The monoisotopic (exact) mass is 314 g/mol. The zero-order chi connectivity index (χ0) is 15.6. The first-order valence-corrected chi connectivity index (χ1v) is 8.60. The first-order chi connectivity index (χ1) is 9.80. The number of amides is 1. The van der Waals surface area contributed by atoms with Crippen LogP contribution in [0.25, 0.3) is 0 Å². The van der Waals surface area contributed by atoms with Crippen LogP contribution in [0.4, 0.5) is 4.39 Å². The second kappa shape index (κ2) is 6.11. The van der Waals surface area contributed by atoms with Crippen LogP contribution in [-0.4, -0.2) is 49.4 Å². The quantitative estimate of drug-likeness (QED) is 0.839. The molecule has 1 aliphatic heterocycles. The molecule has 0 N–H and O–H groups in total. The molecule has 1 aliphatic rings. The molecule has 1 aromatic carbocycles. The fourth-order valence-electron chi connectivity index (χ4n) is 2.60. The maximum Gasteiger partial charge on any atom is 0.241 e. The van der Waals surface area contributed by atoms with Crippen LogP contribution in [-0.2, 0) is 21.4 Å². The van der Waals surface area contributed by atoms with E-state index >= 15 is 0 Å². The topological polar surface area (TPSA) is 57.7 Å². The van der Waals surface area contributed by atoms with Crippen LogP contribution in [0.1, 0.15) is 18.4 Å². The Labute approximate surface area is 124 Å². The van der Waals surface area contributed by atoms with Crippen LogP contribution in [0.15, 0.2) is 24.3 Å². The Morgan fingerprint density at radius 3 is 2.71 bits per heavy atom. The van der Waals surface area contributed by atoms with Crippen molar-refractivity contribution in [3.8, 4) is 0 Å². The number of hydrogen-bond donors (Lipinski definition) is 0. The molecule has 116 valence electrons. The third-order valence-corrected chi connectivity index (χ3v) is 4.95. The second-order valence-electron chi connectivity index (χ2n) is 5.32. The fourth-order valence-corrected chi connectivity index (χ4v) is 3.72. The third kappa shape index (κ3) is 3.59. The van der Waals surface area contributed by atoms with Gasteiger partial charge in [-0.1, -0.05) is 18.2 Å². The van der Waals surface area contributed by atoms with E-state index in [0.29, 0.717) is 24.9 Å². The highest BCUT2D eigenvalue weighted by atomic mass is 32.2. The maximum absolute atomic E-state index is 13.6. The molecular weight excluding hydrogens is 295 g/mol. The van der Waals surface area contributed by atoms with Crippen LogP contribution in [0, 0.1) is 5.82 Å². The van der Waals surface area contributed by atoms with E-state index in [9.17, 15) is 17.6 Å². The van der Waals surface area contributed by atoms with E-state index in [1.54, 1.807) is 25.2 Å². The molecule has 7 heteroatoms. The summed E-state index contributed by atoms with van der Waals surface area (Å²) in [5.41, 5.74) is 0.414. The summed E-state index contributed by atoms with van der Waals surface area (Å²) in [4.78, 5) is 13.8. The minimum absolute atomic E-state index is 0.125. The van der Waals surface area contributed by atoms with E-state index in [0.717, 1.165) is 6.26 Å². The standard InChI is InChI=1S/C14H19FN2O3S/c1-16(10-11-6-3-4-7-12(11)15)14(18)13-8-5-9-17(13)21(2,19)20/h3-4,6-7,13H,5,8-10H2,1-2H3. The van der Waals surface area contributed by atoms with Crippen molar-refractivity contribution in [3.63, 3.8) is 0 Å². The number of likely N-dealkylation sites (N-methyl/N-ethyl adjacent to an activating group) is 1. The first kappa shape index (κ1) is 15.9. The van der Waals surface area contributed by atoms with E-state index in [1.807, 2.05) is 0 Å². The molecule has 2 rings (SSSR count). The van der Waals surface area contributed by atoms with E-state index in [2.05, 4.69) is 0 Å². The SMILES string of the molecule is CN(Cc1ccccc1F)C(=O)C1CCCN1S(C)(=O)=O. The summed E-state index contributed by atoms with van der Waals surface area (Å²) in [7, 11) is -1.84. The van der Waals surface area contributed by atoms with Crippen LogP contribution >= 0.6 is 0 Å². The summed E-state index contributed by atoms with van der Waals surface area (Å²) in [5.74, 6) is -0.662. The van der Waals surface area contributed by atoms with Gasteiger partial charge in [0.1, 0.15) is 11.9 Å². The average Bonchev–Trinajstić information content (AvgIpc) is 2.89. The normalized spacial score (nSPS) is 19.7. The number of hydrogen-bond acceptors (Lipinski definition) is 3. The van der Waals surface area contributed by atoms with Gasteiger partial charge < -0.3 is 4.90 Å². The van der Waals surface area contributed by atoms with Gasteiger partial charge in [0.05, 0.1) is 6.26 Å². The lowest BCUT2D eigenvalue weighted by molar-refractivity contribution is -0.133. The molecule has 1 heterocycles. The molecule has 1 fully saturated rings. The third-order valence-electron chi connectivity index (χ3n) is 3.66. The maximum atomic E-state index is 13.6. The lowest BCUT2D eigenvalue weighted by Crippen LogP contribution is -2.45. The molecule has 0 radical (unpaired) electrons. The summed E-state index contributed by atoms with van der Waals surface area (Å²) in [6, 6.07) is 5.57. The Morgan fingerprint density at radius 1 is 1.43 bits per heavy atom. The minimum Gasteiger partial charge on any atom is -0.340 e. The van der Waals surface area contributed by atoms with Gasteiger partial charge in [-0.25, -0.2) is 12.8 Å². The summed E-state index contributed by atoms with van der Waals surface area (Å²) >= 11 is 0. The van der Waals surface area contributed by atoms with E-state index in [4.69, 9.17) is 0 Å². The summed E-state index contributed by atoms with van der Waals surface area (Å²) in [5, 5.41) is 0. The highest BCUT2D eigenvalue weighted by Crippen LogP contribution is 2.22. The van der Waals surface area contributed by atoms with Gasteiger partial charge >= 0.3 is 0 Å². The molecular formula is C14H19FN2O3S. The van der Waals surface area contributed by atoms with Crippen molar-refractivity contribution in [2.75, 3.05) is 19.8 Å². The molecule has 1 aromatic rings. The lowest BCUT2D eigenvalue weighted by atomic mass is 10.1. The summed E-state index contributed by atoms with van der Waals surface area (Å²) in [6.45, 7) is 0.488. The van der Waals surface area contributed by atoms with Crippen molar-refractivity contribution in [2.45, 2.75) is 25.4 Å². The number of rotatable bonds is 4. The number of carbonyl (C=O) groups excluding carboxylic acids is 1. The highest BCUT2D eigenvalue weighted by molar-refractivity contribution is 7.88. The zero-order valence-electron chi connectivity index (χ0n) is 12.1. The Morgan fingerprint density at radius 2 is 2.10 bits per heavy atom. The second-order valence-corrected chi connectivity index (χ2v) is 7.25. The number of carbonyl (C=O) groups is 1. The van der Waals surface area contributed by atoms with Crippen molar-refractivity contribution < 1.29 is 17.6 Å². The number of halogens is 1. The molecule has 0 spiro atoms. The van der Waals surface area contributed by atoms with Crippen LogP contribution in [0.5, 0.6) is 0 Å². The Balaban J connectivity index is 2.11. The molecule has 0 bridgehead atoms. The van der Waals surface area contributed by atoms with Gasteiger partial charge in [0.15, 0.2) is 0 Å². The van der Waals surface area contributed by atoms with Crippen molar-refractivity contribution in [1.29, 1.82) is 0 Å². The Hall–Kier alpha value is -1.47. The van der Waals surface area contributed by atoms with Crippen molar-refractivity contribution >= 4 is 15.9 Å². The van der Waals surface area contributed by atoms with Gasteiger partial charge in [-0.05, 0) is 18.9 Å². The predicted octanol–water partition coefficient (Wildman–Crippen LogP) is 1.21. The van der Waals surface area contributed by atoms with Crippen LogP contribution in [0.3, 0.4) is 0 Å². The van der Waals surface area contributed by atoms with E-state index in [1.165, 1.54) is 15.3 Å². The van der Waals surface area contributed by atoms with E-state index < -0.39 is 16.1 Å². The molecule has 0 aliphatic carbocycles. The average molecular weight is 314 g/mol. The zero-order valence-corrected chi connectivity index (χ0v) is 12.9. The van der Waals surface area contributed by atoms with Crippen LogP contribution in [0.2, 0.25) is 0 Å². The number of benzene rings is 1. The van der Waals surface area contributed by atoms with Crippen molar-refractivity contribution in [1.82, 2.24) is 9.21 Å². The fraction of sp³-hybridized carbons (Fsp3) is 0.500. The lowest BCUT2D eigenvalue weighted by Gasteiger charge is -2.26. The number of nitrogens with zero attached hydrogens (tertiary/aromatic N) is 2. The first-order valence-electron chi connectivity index (χ1n) is 6.76. The summed E-state index contributed by atoms with van der Waals surface area (Å²) < 4.78 is 38.2. The molecule has 1 saturated heterocycles. The largest absolute Gasteiger partial charge is 0.340 e. The van der Waals surface area contributed by atoms with Gasteiger partial charge in [-0.3, -0.25) is 4.79 Å². The van der Waals surface area contributed by atoms with E-state index in [-0.39, 0.29) is 18.3 Å². The smallest absolute Gasteiger partial charge is 0.241 e. The molecule has 1 atom stereocenters. The summed E-state index contributed by atoms with van der Waals surface area (Å²) in [6.07, 6.45) is 2.28. The Bertz CT molecular complexity index is 633. The number of sulfonamides is 1. The molecule has 1 unspecified atom stereocenters. The van der Waals surface area contributed by atoms with Gasteiger partial charge in [-0.2, -0.15) is 4.31 Å². The van der Waals surface area contributed by atoms with Crippen LogP contribution < -0.4 is 0 Å². The predicted molar refractivity (Wildman–Crippen MR) is 77.4 cm³/mol. The Kier molecular flexibility index (Phi) is 4.63. The van der Waals surface area contributed by atoms with Gasteiger partial charge in [0, 0.05) is 25.7 Å². The minimum atomic E-state index is -3.40. The molecule has 0 aromatic heterocycles. The molecule has 5 nitrogen and oxygen atoms in total. The molecule has 21 heavy (non-hydrogen) atoms. The van der Waals surface area contributed by atoms with Crippen molar-refractivity contribution in [2.24, 2.45) is 0 Å². The van der Waals surface area contributed by atoms with Gasteiger partial charge in [0.25, 0.3) is 0 Å². The molecule has 0 saturated carbocycles. The highest BCUT2D eigenvalue weighted by Gasteiger charge is 2.37. The molecule has 1 amide bonds. The van der Waals surface area contributed by atoms with Crippen molar-refractivity contribution in [3.05, 3.63) is 35.6 Å².